The third-order valence-electron chi connectivity index (χ3n) is 7.20. The van der Waals surface area contributed by atoms with Crippen LogP contribution in [-0.2, 0) is 180 Å². The molecule has 0 saturated carbocycles. The number of para-hydroxylation sites is 4. The molecule has 66 heavy (non-hydrogen) atoms. The fourth-order valence-electron chi connectivity index (χ4n) is 3.70. The Morgan fingerprint density at radius 2 is 1.06 bits per heavy atom. The minimum absolute atomic E-state index is 0. The van der Waals surface area contributed by atoms with Gasteiger partial charge in [-0.05, 0) is 31.2 Å². The van der Waals surface area contributed by atoms with Crippen molar-refractivity contribution in [3.8, 4) is 23.0 Å². The number of aromatic hydroxyl groups is 2. The molecule has 1 aliphatic heterocycles. The summed E-state index contributed by atoms with van der Waals surface area (Å²) >= 11 is 0. The predicted molar refractivity (Wildman–Crippen MR) is 252 cm³/mol. The number of aliphatic hydroxyl groups is 2. The van der Waals surface area contributed by atoms with Gasteiger partial charge in [0, 0.05) is 165 Å². The van der Waals surface area contributed by atoms with Gasteiger partial charge in [0.1, 0.15) is 23.4 Å². The third kappa shape index (κ3) is 38.9. The summed E-state index contributed by atoms with van der Waals surface area (Å²) in [4.78, 5) is 43.7. The molecule has 4 radical (unpaired) electrons. The van der Waals surface area contributed by atoms with Crippen molar-refractivity contribution in [1.29, 1.82) is 0 Å². The number of fused-ring (bicyclic) bond motifs is 1. The molecule has 1 heterocycles. The van der Waals surface area contributed by atoms with Crippen molar-refractivity contribution in [2.75, 3.05) is 24.6 Å². The van der Waals surface area contributed by atoms with E-state index in [1.54, 1.807) is 87.5 Å². The van der Waals surface area contributed by atoms with Gasteiger partial charge in [-0.25, -0.2) is 4.57 Å². The largest absolute Gasteiger partial charge is 0.508 e. The summed E-state index contributed by atoms with van der Waals surface area (Å²) in [7, 11) is -13.2. The van der Waals surface area contributed by atoms with E-state index in [1.165, 1.54) is 13.0 Å². The fraction of sp³-hybridized carbons (Fsp3) is 0.333. The van der Waals surface area contributed by atoms with Gasteiger partial charge in [-0.3, -0.25) is 18.2 Å². The van der Waals surface area contributed by atoms with Crippen LogP contribution in [0, 0.1) is 29.7 Å². The normalized spacial score (nSPS) is 13.2. The van der Waals surface area contributed by atoms with Crippen LogP contribution >= 0.6 is 30.7 Å². The van der Waals surface area contributed by atoms with E-state index >= 15 is 0 Å². The van der Waals surface area contributed by atoms with Gasteiger partial charge in [-0.15, -0.1) is 0 Å². The summed E-state index contributed by atoms with van der Waals surface area (Å²) in [5.74, 6) is 1.25. The van der Waals surface area contributed by atoms with Crippen LogP contribution in [0.3, 0.4) is 0 Å². The van der Waals surface area contributed by atoms with E-state index in [0.717, 1.165) is 5.56 Å². The minimum Gasteiger partial charge on any atom is -0.508 e. The zero-order chi connectivity index (χ0) is 44.4. The number of hydrogen-bond donors (Lipinski definition) is 9. The molecule has 0 aliphatic carbocycles. The van der Waals surface area contributed by atoms with Crippen LogP contribution in [0.2, 0.25) is 0 Å². The number of rotatable bonds is 11. The minimum atomic E-state index is -3.65. The van der Waals surface area contributed by atoms with Gasteiger partial charge >= 0.3 is 30.7 Å². The second-order valence-electron chi connectivity index (χ2n) is 11.4. The molecular formula is C42H71O16P4Y4-3. The van der Waals surface area contributed by atoms with Gasteiger partial charge in [-0.1, -0.05) is 107 Å². The van der Waals surface area contributed by atoms with Crippen LogP contribution in [0.5, 0.6) is 23.0 Å². The molecule has 0 saturated heterocycles. The van der Waals surface area contributed by atoms with Gasteiger partial charge in [0.15, 0.2) is 5.75 Å². The molecule has 2 atom stereocenters. The Hall–Kier alpha value is 1.26. The molecular weight excluding hydrogens is 1240 g/mol. The zero-order valence-corrected chi connectivity index (χ0v) is 54.8. The maximum absolute atomic E-state index is 11.7. The fourth-order valence-corrected chi connectivity index (χ4v) is 6.02. The van der Waals surface area contributed by atoms with Crippen molar-refractivity contribution >= 4 is 30.7 Å². The van der Waals surface area contributed by atoms with Crippen LogP contribution in [0.25, 0.3) is 0 Å². The summed E-state index contributed by atoms with van der Waals surface area (Å²) in [5.41, 5.74) is 2.59. The molecule has 0 fully saturated rings. The Labute approximate surface area is 496 Å². The van der Waals surface area contributed by atoms with Gasteiger partial charge < -0.3 is 73.9 Å². The van der Waals surface area contributed by atoms with Crippen LogP contribution in [0.15, 0.2) is 97.1 Å². The number of aliphatic hydroxyl groups excluding tert-OH is 2. The van der Waals surface area contributed by atoms with Gasteiger partial charge in [0.2, 0.25) is 0 Å². The van der Waals surface area contributed by atoms with Gasteiger partial charge in [0.25, 0.3) is 0 Å². The smallest absolute Gasteiger partial charge is 0.451 e. The second kappa shape index (κ2) is 47.3. The molecule has 2 unspecified atom stereocenters. The van der Waals surface area contributed by atoms with Crippen molar-refractivity contribution in [2.24, 2.45) is 0 Å². The van der Waals surface area contributed by atoms with E-state index in [1.807, 2.05) is 38.1 Å². The summed E-state index contributed by atoms with van der Waals surface area (Å²) in [5, 5.41) is 35.8. The molecule has 0 aromatic heterocycles. The van der Waals surface area contributed by atoms with Crippen molar-refractivity contribution < 1.29 is 208 Å². The van der Waals surface area contributed by atoms with E-state index in [-0.39, 0.29) is 210 Å². The first-order valence-electron chi connectivity index (χ1n) is 18.2. The molecule has 1 aliphatic rings. The Morgan fingerprint density at radius 3 is 1.45 bits per heavy atom. The zero-order valence-electron chi connectivity index (χ0n) is 39.9. The number of benzene rings is 4. The van der Waals surface area contributed by atoms with Crippen molar-refractivity contribution in [1.82, 2.24) is 0 Å². The molecule has 24 heteroatoms. The predicted octanol–water partition coefficient (Wildman–Crippen LogP) is 10.1. The molecule has 16 nitrogen and oxygen atoms in total. The van der Waals surface area contributed by atoms with Crippen LogP contribution in [-0.4, -0.2) is 69.5 Å². The van der Waals surface area contributed by atoms with Crippen LogP contribution in [0.4, 0.5) is 0 Å². The molecule has 5 rings (SSSR count). The van der Waals surface area contributed by atoms with Crippen molar-refractivity contribution in [3.05, 3.63) is 149 Å². The number of phenolic OH excluding ortho intramolecular Hbond substituents is 1. The first-order valence-corrected chi connectivity index (χ1v) is 25.2. The van der Waals surface area contributed by atoms with E-state index in [4.69, 9.17) is 48.1 Å². The average Bonchev–Trinajstić information content (AvgIpc) is 3.22. The van der Waals surface area contributed by atoms with E-state index in [0.29, 0.717) is 41.0 Å². The van der Waals surface area contributed by atoms with Crippen LogP contribution in [0.1, 0.15) is 63.8 Å². The molecule has 0 bridgehead atoms. The SMILES string of the molecule is CC.CCP(=O)(O)O.CCP(=O)(O)OCc1ccccc1O.CCP1(=O)OCc2ccccc2O1.CC[P+](O)(O)Oc1ccccc1CO.OCc1ccccc1O.[CH3-].[CH3-].[CH3-].[CH3-].[Y].[Y].[Y].[Y]. The van der Waals surface area contributed by atoms with Gasteiger partial charge in [-0.2, -0.15) is 9.79 Å². The van der Waals surface area contributed by atoms with E-state index in [9.17, 15) is 28.6 Å². The summed E-state index contributed by atoms with van der Waals surface area (Å²) in [6.07, 6.45) is 0.585. The quantitative estimate of drug-likeness (QED) is 0.0499. The Morgan fingerprint density at radius 1 is 0.652 bits per heavy atom. The molecule has 9 N–H and O–H groups in total. The molecule has 370 valence electrons. The maximum atomic E-state index is 11.7. The average molecular weight is 1310 g/mol. The summed E-state index contributed by atoms with van der Waals surface area (Å²) in [6, 6.07) is 27.5. The Balaban J connectivity index is -0.0000000863. The topological polar surface area (TPSA) is 270 Å². The monoisotopic (exact) mass is 1310 g/mol. The van der Waals surface area contributed by atoms with Crippen LogP contribution < -0.4 is 9.05 Å². The van der Waals surface area contributed by atoms with E-state index < -0.39 is 30.7 Å². The molecule has 0 spiro atoms. The first-order chi connectivity index (χ1) is 27.3. The third-order valence-corrected chi connectivity index (χ3v) is 12.4. The summed E-state index contributed by atoms with van der Waals surface area (Å²) in [6.45, 7) is 10.5. The van der Waals surface area contributed by atoms with Gasteiger partial charge in [0.05, 0.1) is 32.6 Å². The molecule has 4 aromatic carbocycles. The molecule has 4 aromatic rings. The maximum Gasteiger partial charge on any atom is 0.451 e. The van der Waals surface area contributed by atoms with Crippen molar-refractivity contribution in [3.63, 3.8) is 0 Å². The number of hydrogen-bond acceptors (Lipinski definition) is 13. The summed E-state index contributed by atoms with van der Waals surface area (Å²) < 4.78 is 52.8. The number of phenols is 2. The Bertz CT molecular complexity index is 1910. The molecule has 0 amide bonds. The van der Waals surface area contributed by atoms with Crippen molar-refractivity contribution in [2.45, 2.75) is 68.0 Å². The first kappa shape index (κ1) is 87.0. The van der Waals surface area contributed by atoms with E-state index in [2.05, 4.69) is 0 Å². The standard InChI is InChI=1S/C9H13O4P.C9H14O4P.C9H11O3P.C7H8O2.C2H7O3P.C2H6.4CH3.4Y/c1-2-14(11,12)13-7-8-5-3-4-6-9(8)10;1-2-14(11,12)13-9-6-4-3-5-8(9)7-10;1-2-13(10)11-7-8-5-3-4-6-9(8)12-13;8-5-6-3-1-2-4-7(6)9;1-2-6(3,4)5;1-2;;;;;;;;/h3-6,10H,2,7H2,1H3,(H,11,12);3-6,10-12H,2,7H2,1H3;3-6H,2,7H2,1H3;1-4,8-9H,5H2;2H2,1H3,(H2,3,4,5);1-2H3;4*1H3;;;;/q;+1;;;;;4*-1;;;;. The second-order valence-corrected chi connectivity index (χ2v) is 19.9. The Kier molecular flexibility index (Phi) is 62.3.